The lowest BCUT2D eigenvalue weighted by Gasteiger charge is -2.27. The van der Waals surface area contributed by atoms with Gasteiger partial charge in [0.15, 0.2) is 0 Å². The highest BCUT2D eigenvalue weighted by Gasteiger charge is 2.42. The van der Waals surface area contributed by atoms with Crippen molar-refractivity contribution in [3.8, 4) is 0 Å². The Hall–Kier alpha value is -0.930. The monoisotopic (exact) mass is 269 g/mol. The Morgan fingerprint density at radius 3 is 2.94 bits per heavy atom. The van der Waals surface area contributed by atoms with Gasteiger partial charge in [-0.05, 0) is 36.6 Å². The molecule has 18 heavy (non-hydrogen) atoms. The van der Waals surface area contributed by atoms with Gasteiger partial charge >= 0.3 is 0 Å². The van der Waals surface area contributed by atoms with Crippen molar-refractivity contribution in [1.29, 1.82) is 0 Å². The summed E-state index contributed by atoms with van der Waals surface area (Å²) in [5.41, 5.74) is 5.83. The standard InChI is InChI=1S/C14H17ClFNO/c1-14(6-2-3-12(14)17)13(18)8-9-7-10(15)4-5-11(9)16/h4-5,7,12H,2-3,6,8,17H2,1H3. The van der Waals surface area contributed by atoms with E-state index in [1.165, 1.54) is 18.2 Å². The van der Waals surface area contributed by atoms with Gasteiger partial charge in [0.25, 0.3) is 0 Å². The highest BCUT2D eigenvalue weighted by atomic mass is 35.5. The molecule has 4 heteroatoms. The molecular formula is C14H17ClFNO. The summed E-state index contributed by atoms with van der Waals surface area (Å²) in [6.45, 7) is 1.88. The van der Waals surface area contributed by atoms with E-state index in [4.69, 9.17) is 17.3 Å². The number of Topliss-reactive ketones (excluding diaryl/α,β-unsaturated/α-hetero) is 1. The Balaban J connectivity index is 2.19. The van der Waals surface area contributed by atoms with Crippen molar-refractivity contribution >= 4 is 17.4 Å². The molecule has 0 spiro atoms. The number of halogens is 2. The number of nitrogens with two attached hydrogens (primary N) is 1. The third-order valence-corrected chi connectivity index (χ3v) is 4.26. The number of carbonyl (C=O) groups is 1. The number of rotatable bonds is 3. The quantitative estimate of drug-likeness (QED) is 0.916. The second-order valence-electron chi connectivity index (χ2n) is 5.25. The third kappa shape index (κ3) is 2.43. The zero-order valence-corrected chi connectivity index (χ0v) is 11.1. The normalized spacial score (nSPS) is 27.4. The summed E-state index contributed by atoms with van der Waals surface area (Å²) >= 11 is 5.82. The third-order valence-electron chi connectivity index (χ3n) is 4.03. The molecule has 2 N–H and O–H groups in total. The van der Waals surface area contributed by atoms with Crippen LogP contribution in [0.4, 0.5) is 4.39 Å². The summed E-state index contributed by atoms with van der Waals surface area (Å²) in [5, 5.41) is 0.445. The van der Waals surface area contributed by atoms with Crippen LogP contribution in [0, 0.1) is 11.2 Å². The topological polar surface area (TPSA) is 43.1 Å². The number of hydrogen-bond acceptors (Lipinski definition) is 2. The number of hydrogen-bond donors (Lipinski definition) is 1. The lowest BCUT2D eigenvalue weighted by molar-refractivity contribution is -0.127. The number of ketones is 1. The second-order valence-corrected chi connectivity index (χ2v) is 5.69. The van der Waals surface area contributed by atoms with Gasteiger partial charge in [-0.1, -0.05) is 24.9 Å². The molecule has 0 radical (unpaired) electrons. The first-order chi connectivity index (χ1) is 8.43. The van der Waals surface area contributed by atoms with Gasteiger partial charge < -0.3 is 5.73 Å². The zero-order valence-electron chi connectivity index (χ0n) is 10.4. The van der Waals surface area contributed by atoms with Gasteiger partial charge in [-0.25, -0.2) is 4.39 Å². The van der Waals surface area contributed by atoms with Crippen LogP contribution in [0.15, 0.2) is 18.2 Å². The first-order valence-corrected chi connectivity index (χ1v) is 6.54. The van der Waals surface area contributed by atoms with Gasteiger partial charge in [-0.15, -0.1) is 0 Å². The van der Waals surface area contributed by atoms with E-state index in [0.717, 1.165) is 19.3 Å². The highest BCUT2D eigenvalue weighted by molar-refractivity contribution is 6.30. The van der Waals surface area contributed by atoms with E-state index >= 15 is 0 Å². The molecule has 2 nitrogen and oxygen atoms in total. The fourth-order valence-electron chi connectivity index (χ4n) is 2.59. The van der Waals surface area contributed by atoms with Crippen LogP contribution < -0.4 is 5.73 Å². The molecule has 0 bridgehead atoms. The van der Waals surface area contributed by atoms with Gasteiger partial charge in [-0.3, -0.25) is 4.79 Å². The molecule has 1 fully saturated rings. The largest absolute Gasteiger partial charge is 0.327 e. The summed E-state index contributed by atoms with van der Waals surface area (Å²) in [4.78, 5) is 12.3. The molecule has 2 rings (SSSR count). The maximum absolute atomic E-state index is 13.6. The van der Waals surface area contributed by atoms with Crippen molar-refractivity contribution in [1.82, 2.24) is 0 Å². The number of benzene rings is 1. The van der Waals surface area contributed by atoms with Crippen molar-refractivity contribution < 1.29 is 9.18 Å². The van der Waals surface area contributed by atoms with Crippen LogP contribution in [-0.2, 0) is 11.2 Å². The van der Waals surface area contributed by atoms with Crippen LogP contribution in [0.5, 0.6) is 0 Å². The lowest BCUT2D eigenvalue weighted by Crippen LogP contribution is -2.42. The van der Waals surface area contributed by atoms with Gasteiger partial charge in [0.05, 0.1) is 0 Å². The molecule has 1 aromatic rings. The van der Waals surface area contributed by atoms with E-state index in [9.17, 15) is 9.18 Å². The first-order valence-electron chi connectivity index (χ1n) is 6.16. The number of carbonyl (C=O) groups excluding carboxylic acids is 1. The molecule has 2 atom stereocenters. The molecule has 0 amide bonds. The fourth-order valence-corrected chi connectivity index (χ4v) is 2.79. The summed E-state index contributed by atoms with van der Waals surface area (Å²) < 4.78 is 13.6. The van der Waals surface area contributed by atoms with E-state index < -0.39 is 5.41 Å². The molecular weight excluding hydrogens is 253 g/mol. The van der Waals surface area contributed by atoms with E-state index in [2.05, 4.69) is 0 Å². The fraction of sp³-hybridized carbons (Fsp3) is 0.500. The maximum Gasteiger partial charge on any atom is 0.144 e. The molecule has 1 aliphatic carbocycles. The molecule has 0 aromatic heterocycles. The highest BCUT2D eigenvalue weighted by Crippen LogP contribution is 2.38. The Morgan fingerprint density at radius 1 is 1.61 bits per heavy atom. The molecule has 0 aliphatic heterocycles. The minimum Gasteiger partial charge on any atom is -0.327 e. The Labute approximate surface area is 111 Å². The van der Waals surface area contributed by atoms with Crippen LogP contribution in [0.2, 0.25) is 5.02 Å². The van der Waals surface area contributed by atoms with E-state index in [0.29, 0.717) is 10.6 Å². The van der Waals surface area contributed by atoms with Crippen molar-refractivity contribution in [3.63, 3.8) is 0 Å². The second kappa shape index (κ2) is 4.98. The summed E-state index contributed by atoms with van der Waals surface area (Å²) in [5.74, 6) is -0.378. The average Bonchev–Trinajstić information content (AvgIpc) is 2.66. The van der Waals surface area contributed by atoms with Crippen molar-refractivity contribution in [2.45, 2.75) is 38.6 Å². The molecule has 0 heterocycles. The first kappa shape index (κ1) is 13.5. The Bertz CT molecular complexity index is 477. The summed E-state index contributed by atoms with van der Waals surface area (Å²) in [6.07, 6.45) is 2.67. The van der Waals surface area contributed by atoms with Gasteiger partial charge in [0.2, 0.25) is 0 Å². The summed E-state index contributed by atoms with van der Waals surface area (Å²) in [6, 6.07) is 4.17. The van der Waals surface area contributed by atoms with Crippen LogP contribution in [0.25, 0.3) is 0 Å². The van der Waals surface area contributed by atoms with Gasteiger partial charge in [0, 0.05) is 22.9 Å². The van der Waals surface area contributed by atoms with Crippen LogP contribution in [-0.4, -0.2) is 11.8 Å². The van der Waals surface area contributed by atoms with Crippen molar-refractivity contribution in [3.05, 3.63) is 34.6 Å². The van der Waals surface area contributed by atoms with Crippen molar-refractivity contribution in [2.75, 3.05) is 0 Å². The molecule has 0 saturated heterocycles. The summed E-state index contributed by atoms with van der Waals surface area (Å²) in [7, 11) is 0. The average molecular weight is 270 g/mol. The lowest BCUT2D eigenvalue weighted by atomic mass is 9.78. The van der Waals surface area contributed by atoms with Gasteiger partial charge in [0.1, 0.15) is 11.6 Å². The molecule has 1 saturated carbocycles. The SMILES string of the molecule is CC1(C(=O)Cc2cc(Cl)ccc2F)CCCC1N. The molecule has 98 valence electrons. The van der Waals surface area contributed by atoms with Gasteiger partial charge in [-0.2, -0.15) is 0 Å². The zero-order chi connectivity index (χ0) is 13.3. The van der Waals surface area contributed by atoms with Crippen LogP contribution in [0.1, 0.15) is 31.7 Å². The minimum absolute atomic E-state index is 0.00802. The minimum atomic E-state index is -0.519. The van der Waals surface area contributed by atoms with E-state index in [1.807, 2.05) is 6.92 Å². The Kier molecular flexibility index (Phi) is 3.74. The Morgan fingerprint density at radius 2 is 2.33 bits per heavy atom. The maximum atomic E-state index is 13.6. The predicted molar refractivity (Wildman–Crippen MR) is 70.1 cm³/mol. The van der Waals surface area contributed by atoms with E-state index in [-0.39, 0.29) is 24.1 Å². The van der Waals surface area contributed by atoms with Crippen molar-refractivity contribution in [2.24, 2.45) is 11.1 Å². The predicted octanol–water partition coefficient (Wildman–Crippen LogP) is 3.11. The smallest absolute Gasteiger partial charge is 0.144 e. The molecule has 2 unspecified atom stereocenters. The van der Waals surface area contributed by atoms with Crippen LogP contribution >= 0.6 is 11.6 Å². The molecule has 1 aromatic carbocycles. The van der Waals surface area contributed by atoms with E-state index in [1.54, 1.807) is 0 Å². The van der Waals surface area contributed by atoms with Crippen LogP contribution in [0.3, 0.4) is 0 Å². The molecule has 1 aliphatic rings.